The second-order valence-electron chi connectivity index (χ2n) is 6.38. The van der Waals surface area contributed by atoms with Crippen LogP contribution in [0.1, 0.15) is 25.3 Å². The van der Waals surface area contributed by atoms with Crippen LogP contribution in [0.5, 0.6) is 0 Å². The first kappa shape index (κ1) is 13.7. The van der Waals surface area contributed by atoms with Gasteiger partial charge < -0.3 is 9.80 Å². The third-order valence-electron chi connectivity index (χ3n) is 5.12. The second kappa shape index (κ2) is 5.68. The van der Waals surface area contributed by atoms with Crippen molar-refractivity contribution < 1.29 is 0 Å². The summed E-state index contributed by atoms with van der Waals surface area (Å²) in [5.41, 5.74) is 7.21. The zero-order valence-electron chi connectivity index (χ0n) is 13.4. The highest BCUT2D eigenvalue weighted by atomic mass is 15.2. The molecule has 0 spiro atoms. The van der Waals surface area contributed by atoms with Gasteiger partial charge in [0.25, 0.3) is 0 Å². The lowest BCUT2D eigenvalue weighted by atomic mass is 9.96. The lowest BCUT2D eigenvalue weighted by Crippen LogP contribution is -2.21. The van der Waals surface area contributed by atoms with Crippen LogP contribution in [0.2, 0.25) is 0 Å². The summed E-state index contributed by atoms with van der Waals surface area (Å²) in [4.78, 5) is 5.08. The molecule has 2 aliphatic rings. The van der Waals surface area contributed by atoms with Crippen LogP contribution in [0.25, 0.3) is 11.1 Å². The molecule has 2 aliphatic heterocycles. The van der Waals surface area contributed by atoms with Crippen LogP contribution in [0.4, 0.5) is 11.4 Å². The van der Waals surface area contributed by atoms with Crippen molar-refractivity contribution in [3.63, 3.8) is 0 Å². The number of anilines is 2. The van der Waals surface area contributed by atoms with Crippen molar-refractivity contribution in [3.05, 3.63) is 48.0 Å². The molecule has 0 radical (unpaired) electrons. The van der Waals surface area contributed by atoms with Gasteiger partial charge >= 0.3 is 0 Å². The molecule has 2 aromatic rings. The summed E-state index contributed by atoms with van der Waals surface area (Å²) in [6, 6.07) is 15.8. The fourth-order valence-electron chi connectivity index (χ4n) is 3.92. The number of benzene rings is 2. The van der Waals surface area contributed by atoms with Crippen LogP contribution in [0.15, 0.2) is 42.5 Å². The zero-order valence-corrected chi connectivity index (χ0v) is 13.4. The number of hydrogen-bond donors (Lipinski definition) is 0. The van der Waals surface area contributed by atoms with Gasteiger partial charge in [-0.05, 0) is 55.0 Å². The highest BCUT2D eigenvalue weighted by Crippen LogP contribution is 2.40. The van der Waals surface area contributed by atoms with Gasteiger partial charge in [0.15, 0.2) is 0 Å². The predicted octanol–water partition coefficient (Wildman–Crippen LogP) is 4.34. The third-order valence-corrected chi connectivity index (χ3v) is 5.12. The average molecular weight is 292 g/mol. The van der Waals surface area contributed by atoms with Crippen LogP contribution < -0.4 is 9.80 Å². The molecule has 22 heavy (non-hydrogen) atoms. The summed E-state index contributed by atoms with van der Waals surface area (Å²) in [5, 5.41) is 0. The third kappa shape index (κ3) is 2.27. The molecule has 114 valence electrons. The van der Waals surface area contributed by atoms with Gasteiger partial charge in [-0.25, -0.2) is 0 Å². The molecule has 0 aliphatic carbocycles. The van der Waals surface area contributed by atoms with E-state index in [4.69, 9.17) is 0 Å². The fraction of sp³-hybridized carbons (Fsp3) is 0.400. The summed E-state index contributed by atoms with van der Waals surface area (Å²) < 4.78 is 0. The Bertz CT molecular complexity index is 657. The zero-order chi connectivity index (χ0) is 14.9. The van der Waals surface area contributed by atoms with Gasteiger partial charge in [-0.3, -0.25) is 0 Å². The maximum atomic E-state index is 2.55. The number of fused-ring (bicyclic) bond motifs is 1. The van der Waals surface area contributed by atoms with Gasteiger partial charge in [0.2, 0.25) is 0 Å². The molecule has 0 aromatic heterocycles. The van der Waals surface area contributed by atoms with Gasteiger partial charge in [0.05, 0.1) is 0 Å². The summed E-state index contributed by atoms with van der Waals surface area (Å²) in [6.45, 7) is 6.94. The Morgan fingerprint density at radius 2 is 1.73 bits per heavy atom. The molecule has 4 rings (SSSR count). The van der Waals surface area contributed by atoms with Gasteiger partial charge in [0.1, 0.15) is 0 Å². The molecule has 0 saturated carbocycles. The van der Waals surface area contributed by atoms with Crippen molar-refractivity contribution in [2.24, 2.45) is 0 Å². The minimum Gasteiger partial charge on any atom is -0.371 e. The normalized spacial score (nSPS) is 17.1. The highest BCUT2D eigenvalue weighted by molar-refractivity contribution is 5.81. The Labute approximate surface area is 133 Å². The first-order valence-electron chi connectivity index (χ1n) is 8.59. The molecular formula is C20H24N2. The maximum absolute atomic E-state index is 2.55. The summed E-state index contributed by atoms with van der Waals surface area (Å²) in [5.74, 6) is 0. The topological polar surface area (TPSA) is 6.48 Å². The minimum absolute atomic E-state index is 1.10. The quantitative estimate of drug-likeness (QED) is 0.830. The summed E-state index contributed by atoms with van der Waals surface area (Å²) >= 11 is 0. The number of likely N-dealkylation sites (N-methyl/N-ethyl adjacent to an activating group) is 1. The molecule has 2 nitrogen and oxygen atoms in total. The summed E-state index contributed by atoms with van der Waals surface area (Å²) in [7, 11) is 0. The first-order chi connectivity index (χ1) is 10.9. The van der Waals surface area contributed by atoms with Crippen molar-refractivity contribution in [2.45, 2.75) is 26.2 Å². The molecule has 0 atom stereocenters. The molecule has 2 aromatic carbocycles. The fourth-order valence-corrected chi connectivity index (χ4v) is 3.92. The van der Waals surface area contributed by atoms with Crippen molar-refractivity contribution in [1.82, 2.24) is 0 Å². The minimum atomic E-state index is 1.10. The second-order valence-corrected chi connectivity index (χ2v) is 6.38. The summed E-state index contributed by atoms with van der Waals surface area (Å²) in [6.07, 6.45) is 3.83. The van der Waals surface area contributed by atoms with Crippen molar-refractivity contribution in [1.29, 1.82) is 0 Å². The monoisotopic (exact) mass is 292 g/mol. The average Bonchev–Trinajstić information content (AvgIpc) is 3.24. The van der Waals surface area contributed by atoms with Crippen LogP contribution in [0.3, 0.4) is 0 Å². The predicted molar refractivity (Wildman–Crippen MR) is 94.9 cm³/mol. The van der Waals surface area contributed by atoms with E-state index in [0.717, 1.165) is 13.1 Å². The van der Waals surface area contributed by atoms with Gasteiger partial charge in [-0.2, -0.15) is 0 Å². The smallest absolute Gasteiger partial charge is 0.0426 e. The molecule has 2 heterocycles. The van der Waals surface area contributed by atoms with Gasteiger partial charge in [-0.1, -0.05) is 30.3 Å². The van der Waals surface area contributed by atoms with Crippen LogP contribution in [0, 0.1) is 0 Å². The van der Waals surface area contributed by atoms with E-state index in [1.165, 1.54) is 60.4 Å². The Hall–Kier alpha value is -1.96. The number of hydrogen-bond acceptors (Lipinski definition) is 2. The van der Waals surface area contributed by atoms with E-state index in [0.29, 0.717) is 0 Å². The molecule has 0 bridgehead atoms. The Balaban J connectivity index is 1.86. The van der Waals surface area contributed by atoms with Crippen molar-refractivity contribution >= 4 is 11.4 Å². The van der Waals surface area contributed by atoms with E-state index in [-0.39, 0.29) is 0 Å². The van der Waals surface area contributed by atoms with E-state index in [1.807, 2.05) is 0 Å². The highest BCUT2D eigenvalue weighted by Gasteiger charge is 2.24. The maximum Gasteiger partial charge on any atom is 0.0426 e. The van der Waals surface area contributed by atoms with Gasteiger partial charge in [-0.15, -0.1) is 0 Å². The SMILES string of the molecule is CCN1CCc2c(-c3ccccc3)cc(N3CCCC3)cc21. The van der Waals surface area contributed by atoms with E-state index in [2.05, 4.69) is 59.2 Å². The lowest BCUT2D eigenvalue weighted by Gasteiger charge is -2.24. The molecule has 1 saturated heterocycles. The largest absolute Gasteiger partial charge is 0.371 e. The molecule has 0 unspecified atom stereocenters. The van der Waals surface area contributed by atoms with E-state index in [9.17, 15) is 0 Å². The lowest BCUT2D eigenvalue weighted by molar-refractivity contribution is 0.868. The van der Waals surface area contributed by atoms with Crippen molar-refractivity contribution in [2.75, 3.05) is 36.0 Å². The Kier molecular flexibility index (Phi) is 3.53. The van der Waals surface area contributed by atoms with Crippen LogP contribution in [-0.2, 0) is 6.42 Å². The molecule has 0 amide bonds. The molecule has 2 heteroatoms. The van der Waals surface area contributed by atoms with Crippen molar-refractivity contribution in [3.8, 4) is 11.1 Å². The number of rotatable bonds is 3. The van der Waals surface area contributed by atoms with E-state index in [1.54, 1.807) is 0 Å². The molecule has 1 fully saturated rings. The number of nitrogens with zero attached hydrogens (tertiary/aromatic N) is 2. The standard InChI is InChI=1S/C20H24N2/c1-2-21-13-10-18-19(16-8-4-3-5-9-16)14-17(15-20(18)21)22-11-6-7-12-22/h3-5,8-9,14-15H,2,6-7,10-13H2,1H3. The molecular weight excluding hydrogens is 268 g/mol. The Morgan fingerprint density at radius 1 is 0.955 bits per heavy atom. The first-order valence-corrected chi connectivity index (χ1v) is 8.59. The van der Waals surface area contributed by atoms with E-state index < -0.39 is 0 Å². The van der Waals surface area contributed by atoms with E-state index >= 15 is 0 Å². The Morgan fingerprint density at radius 3 is 2.45 bits per heavy atom. The molecule has 0 N–H and O–H groups in total. The van der Waals surface area contributed by atoms with Crippen LogP contribution in [-0.4, -0.2) is 26.2 Å². The van der Waals surface area contributed by atoms with Crippen LogP contribution >= 0.6 is 0 Å². The van der Waals surface area contributed by atoms with Gasteiger partial charge in [0, 0.05) is 37.6 Å².